The molecular formula is C24H32Cl2N4. The van der Waals surface area contributed by atoms with Crippen LogP contribution in [0.3, 0.4) is 0 Å². The van der Waals surface area contributed by atoms with Gasteiger partial charge in [0.05, 0.1) is 5.52 Å². The van der Waals surface area contributed by atoms with Gasteiger partial charge in [-0.1, -0.05) is 68.7 Å². The molecule has 0 amide bonds. The lowest BCUT2D eigenvalue weighted by Gasteiger charge is -2.36. The lowest BCUT2D eigenvalue weighted by molar-refractivity contribution is 0.252. The van der Waals surface area contributed by atoms with E-state index >= 15 is 0 Å². The molecule has 0 saturated carbocycles. The molecule has 6 heteroatoms. The van der Waals surface area contributed by atoms with Crippen LogP contribution in [0.5, 0.6) is 0 Å². The molecule has 2 heterocycles. The third kappa shape index (κ3) is 5.84. The van der Waals surface area contributed by atoms with E-state index in [0.717, 1.165) is 54.3 Å². The first-order valence-electron chi connectivity index (χ1n) is 10.6. The second kappa shape index (κ2) is 12.1. The number of para-hydroxylation sites is 1. The molecule has 30 heavy (non-hydrogen) atoms. The van der Waals surface area contributed by atoms with Crippen LogP contribution in [0.15, 0.2) is 54.6 Å². The fourth-order valence-corrected chi connectivity index (χ4v) is 3.96. The summed E-state index contributed by atoms with van der Waals surface area (Å²) in [5, 5.41) is 1.15. The second-order valence-corrected chi connectivity index (χ2v) is 7.64. The zero-order valence-electron chi connectivity index (χ0n) is 17.7. The smallest absolute Gasteiger partial charge is 0.162 e. The highest BCUT2D eigenvalue weighted by Gasteiger charge is 2.20. The molecule has 3 aromatic rings. The molecule has 162 valence electrons. The van der Waals surface area contributed by atoms with Gasteiger partial charge in [-0.15, -0.1) is 24.8 Å². The molecule has 0 bridgehead atoms. The topological polar surface area (TPSA) is 32.3 Å². The van der Waals surface area contributed by atoms with Crippen LogP contribution in [0, 0.1) is 0 Å². The highest BCUT2D eigenvalue weighted by molar-refractivity contribution is 5.91. The van der Waals surface area contributed by atoms with E-state index in [2.05, 4.69) is 53.1 Å². The zero-order valence-corrected chi connectivity index (χ0v) is 19.3. The summed E-state index contributed by atoms with van der Waals surface area (Å²) in [5.41, 5.74) is 2.09. The predicted octanol–water partition coefficient (Wildman–Crippen LogP) is 5.84. The lowest BCUT2D eigenvalue weighted by Crippen LogP contribution is -2.47. The van der Waals surface area contributed by atoms with Crippen molar-refractivity contribution in [1.82, 2.24) is 14.9 Å². The molecule has 2 aromatic carbocycles. The van der Waals surface area contributed by atoms with Crippen LogP contribution in [-0.4, -0.2) is 47.6 Å². The molecule has 1 saturated heterocycles. The number of halogens is 2. The Morgan fingerprint density at radius 2 is 1.47 bits per heavy atom. The highest BCUT2D eigenvalue weighted by Crippen LogP contribution is 2.28. The Bertz CT molecular complexity index is 896. The van der Waals surface area contributed by atoms with Crippen LogP contribution in [0.25, 0.3) is 22.3 Å². The van der Waals surface area contributed by atoms with Gasteiger partial charge in [0, 0.05) is 37.1 Å². The van der Waals surface area contributed by atoms with E-state index in [4.69, 9.17) is 9.97 Å². The molecule has 1 fully saturated rings. The molecule has 0 unspecified atom stereocenters. The van der Waals surface area contributed by atoms with Gasteiger partial charge in [0.1, 0.15) is 5.82 Å². The van der Waals surface area contributed by atoms with E-state index in [1.165, 1.54) is 32.2 Å². The Morgan fingerprint density at radius 3 is 2.20 bits per heavy atom. The Hall–Kier alpha value is -1.88. The molecule has 0 atom stereocenters. The highest BCUT2D eigenvalue weighted by atomic mass is 35.5. The van der Waals surface area contributed by atoms with Gasteiger partial charge in [0.25, 0.3) is 0 Å². The van der Waals surface area contributed by atoms with Gasteiger partial charge in [-0.25, -0.2) is 9.97 Å². The Labute approximate surface area is 192 Å². The molecule has 4 rings (SSSR count). The molecule has 1 aromatic heterocycles. The molecule has 0 spiro atoms. The zero-order chi connectivity index (χ0) is 19.2. The number of rotatable bonds is 7. The van der Waals surface area contributed by atoms with E-state index in [9.17, 15) is 0 Å². The molecule has 1 aliphatic rings. The quantitative estimate of drug-likeness (QED) is 0.426. The number of unbranched alkanes of at least 4 members (excludes halogenated alkanes) is 3. The summed E-state index contributed by atoms with van der Waals surface area (Å²) in [4.78, 5) is 14.9. The fraction of sp³-hybridized carbons (Fsp3) is 0.417. The van der Waals surface area contributed by atoms with Crippen molar-refractivity contribution >= 4 is 41.5 Å². The average molecular weight is 447 g/mol. The van der Waals surface area contributed by atoms with Gasteiger partial charge in [0.15, 0.2) is 5.82 Å². The third-order valence-corrected chi connectivity index (χ3v) is 5.61. The Kier molecular flexibility index (Phi) is 9.83. The normalized spacial score (nSPS) is 14.2. The Balaban J connectivity index is 0.00000160. The lowest BCUT2D eigenvalue weighted by atomic mass is 10.1. The van der Waals surface area contributed by atoms with Crippen LogP contribution in [0.1, 0.15) is 32.6 Å². The van der Waals surface area contributed by atoms with E-state index in [1.54, 1.807) is 0 Å². The summed E-state index contributed by atoms with van der Waals surface area (Å²) >= 11 is 0. The number of anilines is 1. The third-order valence-electron chi connectivity index (χ3n) is 5.61. The maximum Gasteiger partial charge on any atom is 0.162 e. The first-order valence-corrected chi connectivity index (χ1v) is 10.6. The number of hydrogen-bond donors (Lipinski definition) is 0. The van der Waals surface area contributed by atoms with Crippen LogP contribution in [0.2, 0.25) is 0 Å². The van der Waals surface area contributed by atoms with Crippen LogP contribution >= 0.6 is 24.8 Å². The first-order chi connectivity index (χ1) is 13.8. The standard InChI is InChI=1S/C24H30N4.2ClH/c1-2-3-4-10-15-27-16-18-28(19-17-27)24-21-13-8-9-14-22(21)25-23(26-24)20-11-6-5-7-12-20;;/h5-9,11-14H,2-4,10,15-19H2,1H3;2*1H. The molecule has 0 N–H and O–H groups in total. The number of benzene rings is 2. The van der Waals surface area contributed by atoms with E-state index in [-0.39, 0.29) is 24.8 Å². The van der Waals surface area contributed by atoms with Crippen molar-refractivity contribution in [3.63, 3.8) is 0 Å². The van der Waals surface area contributed by atoms with Crippen molar-refractivity contribution in [3.8, 4) is 11.4 Å². The average Bonchev–Trinajstić information content (AvgIpc) is 2.77. The minimum Gasteiger partial charge on any atom is -0.353 e. The van der Waals surface area contributed by atoms with Gasteiger partial charge >= 0.3 is 0 Å². The summed E-state index contributed by atoms with van der Waals surface area (Å²) in [6.45, 7) is 7.80. The summed E-state index contributed by atoms with van der Waals surface area (Å²) in [6, 6.07) is 18.7. The first kappa shape index (κ1) is 24.4. The minimum atomic E-state index is 0. The van der Waals surface area contributed by atoms with Gasteiger partial charge in [-0.05, 0) is 25.1 Å². The van der Waals surface area contributed by atoms with Crippen LogP contribution in [-0.2, 0) is 0 Å². The van der Waals surface area contributed by atoms with Gasteiger partial charge < -0.3 is 4.90 Å². The maximum atomic E-state index is 5.00. The molecule has 1 aliphatic heterocycles. The van der Waals surface area contributed by atoms with Crippen molar-refractivity contribution in [2.75, 3.05) is 37.6 Å². The number of nitrogens with zero attached hydrogens (tertiary/aromatic N) is 4. The summed E-state index contributed by atoms with van der Waals surface area (Å²) in [7, 11) is 0. The second-order valence-electron chi connectivity index (χ2n) is 7.64. The van der Waals surface area contributed by atoms with Crippen molar-refractivity contribution in [2.45, 2.75) is 32.6 Å². The monoisotopic (exact) mass is 446 g/mol. The summed E-state index contributed by atoms with van der Waals surface area (Å²) in [6.07, 6.45) is 5.34. The fourth-order valence-electron chi connectivity index (χ4n) is 3.96. The largest absolute Gasteiger partial charge is 0.353 e. The SMILES string of the molecule is CCCCCCN1CCN(c2nc(-c3ccccc3)nc3ccccc23)CC1.Cl.Cl. The maximum absolute atomic E-state index is 5.00. The molecule has 4 nitrogen and oxygen atoms in total. The Morgan fingerprint density at radius 1 is 0.767 bits per heavy atom. The molecule has 0 aliphatic carbocycles. The summed E-state index contributed by atoms with van der Waals surface area (Å²) < 4.78 is 0. The number of hydrogen-bond acceptors (Lipinski definition) is 4. The van der Waals surface area contributed by atoms with Crippen molar-refractivity contribution in [3.05, 3.63) is 54.6 Å². The van der Waals surface area contributed by atoms with Gasteiger partial charge in [-0.3, -0.25) is 4.90 Å². The minimum absolute atomic E-state index is 0. The van der Waals surface area contributed by atoms with E-state index in [0.29, 0.717) is 0 Å². The van der Waals surface area contributed by atoms with Crippen molar-refractivity contribution in [2.24, 2.45) is 0 Å². The predicted molar refractivity (Wildman–Crippen MR) is 132 cm³/mol. The van der Waals surface area contributed by atoms with Crippen molar-refractivity contribution < 1.29 is 0 Å². The van der Waals surface area contributed by atoms with Gasteiger partial charge in [-0.2, -0.15) is 0 Å². The van der Waals surface area contributed by atoms with Crippen LogP contribution in [0.4, 0.5) is 5.82 Å². The molecular weight excluding hydrogens is 415 g/mol. The number of aromatic nitrogens is 2. The number of fused-ring (bicyclic) bond motifs is 1. The van der Waals surface area contributed by atoms with Crippen LogP contribution < -0.4 is 4.90 Å². The van der Waals surface area contributed by atoms with Gasteiger partial charge in [0.2, 0.25) is 0 Å². The van der Waals surface area contributed by atoms with Crippen molar-refractivity contribution in [1.29, 1.82) is 0 Å². The number of piperazine rings is 1. The summed E-state index contributed by atoms with van der Waals surface area (Å²) in [5.74, 6) is 1.89. The van der Waals surface area contributed by atoms with E-state index in [1.807, 2.05) is 18.2 Å². The molecule has 0 radical (unpaired) electrons. The van der Waals surface area contributed by atoms with E-state index < -0.39 is 0 Å².